The van der Waals surface area contributed by atoms with Crippen LogP contribution in [0.15, 0.2) is 42.5 Å². The minimum atomic E-state index is 1.09. The Kier molecular flexibility index (Phi) is 3.09. The van der Waals surface area contributed by atoms with Gasteiger partial charge in [-0.3, -0.25) is 0 Å². The molecule has 0 atom stereocenters. The molecular formula is C16H18. The second-order valence-corrected chi connectivity index (χ2v) is 4.25. The van der Waals surface area contributed by atoms with Gasteiger partial charge in [0.2, 0.25) is 0 Å². The van der Waals surface area contributed by atoms with Crippen molar-refractivity contribution in [1.29, 1.82) is 0 Å². The number of hydrogen-bond donors (Lipinski definition) is 0. The zero-order valence-corrected chi connectivity index (χ0v) is 10.2. The van der Waals surface area contributed by atoms with Crippen molar-refractivity contribution in [3.05, 3.63) is 59.2 Å². The molecular weight excluding hydrogens is 192 g/mol. The molecule has 2 aromatic carbocycles. The summed E-state index contributed by atoms with van der Waals surface area (Å²) in [5, 5.41) is 0. The summed E-state index contributed by atoms with van der Waals surface area (Å²) >= 11 is 0. The van der Waals surface area contributed by atoms with Gasteiger partial charge in [0.25, 0.3) is 0 Å². The molecule has 16 heavy (non-hydrogen) atoms. The molecule has 0 saturated carbocycles. The molecule has 2 aromatic rings. The van der Waals surface area contributed by atoms with Crippen molar-refractivity contribution < 1.29 is 0 Å². The van der Waals surface area contributed by atoms with E-state index in [0.717, 1.165) is 6.42 Å². The van der Waals surface area contributed by atoms with Crippen LogP contribution in [0.1, 0.15) is 23.6 Å². The second-order valence-electron chi connectivity index (χ2n) is 4.25. The van der Waals surface area contributed by atoms with Gasteiger partial charge >= 0.3 is 0 Å². The molecule has 0 nitrogen and oxygen atoms in total. The summed E-state index contributed by atoms with van der Waals surface area (Å²) in [6, 6.07) is 15.1. The van der Waals surface area contributed by atoms with Crippen molar-refractivity contribution in [2.75, 3.05) is 0 Å². The van der Waals surface area contributed by atoms with Crippen molar-refractivity contribution >= 4 is 0 Å². The molecule has 0 amide bonds. The molecule has 2 rings (SSSR count). The van der Waals surface area contributed by atoms with Crippen LogP contribution in [0, 0.1) is 13.8 Å². The maximum atomic E-state index is 2.25. The minimum Gasteiger partial charge on any atom is -0.0622 e. The third-order valence-corrected chi connectivity index (χ3v) is 3.31. The highest BCUT2D eigenvalue weighted by molar-refractivity contribution is 5.69. The summed E-state index contributed by atoms with van der Waals surface area (Å²) in [6.07, 6.45) is 1.09. The molecule has 0 saturated heterocycles. The maximum Gasteiger partial charge on any atom is -0.0149 e. The van der Waals surface area contributed by atoms with Gasteiger partial charge in [-0.05, 0) is 48.1 Å². The summed E-state index contributed by atoms with van der Waals surface area (Å²) in [5.74, 6) is 0. The van der Waals surface area contributed by atoms with Gasteiger partial charge in [-0.2, -0.15) is 0 Å². The first-order chi connectivity index (χ1) is 7.74. The van der Waals surface area contributed by atoms with E-state index in [1.807, 2.05) is 0 Å². The van der Waals surface area contributed by atoms with E-state index in [4.69, 9.17) is 0 Å². The topological polar surface area (TPSA) is 0 Å². The molecule has 0 spiro atoms. The zero-order chi connectivity index (χ0) is 11.5. The summed E-state index contributed by atoms with van der Waals surface area (Å²) in [7, 11) is 0. The lowest BCUT2D eigenvalue weighted by Gasteiger charge is -2.13. The van der Waals surface area contributed by atoms with Crippen molar-refractivity contribution in [3.8, 4) is 11.1 Å². The molecule has 0 radical (unpaired) electrons. The van der Waals surface area contributed by atoms with Gasteiger partial charge in [-0.1, -0.05) is 49.4 Å². The molecule has 0 aliphatic carbocycles. The first-order valence-corrected chi connectivity index (χ1v) is 5.88. The zero-order valence-electron chi connectivity index (χ0n) is 10.2. The summed E-state index contributed by atoms with van der Waals surface area (Å²) in [5.41, 5.74) is 7.00. The summed E-state index contributed by atoms with van der Waals surface area (Å²) < 4.78 is 0. The van der Waals surface area contributed by atoms with Crippen LogP contribution in [0.25, 0.3) is 11.1 Å². The van der Waals surface area contributed by atoms with Crippen LogP contribution >= 0.6 is 0 Å². The molecule has 82 valence electrons. The first kappa shape index (κ1) is 10.9. The average molecular weight is 210 g/mol. The van der Waals surface area contributed by atoms with Gasteiger partial charge in [-0.15, -0.1) is 0 Å². The van der Waals surface area contributed by atoms with E-state index in [1.165, 1.54) is 27.8 Å². The molecule has 0 aliphatic rings. The van der Waals surface area contributed by atoms with Gasteiger partial charge in [0.15, 0.2) is 0 Å². The van der Waals surface area contributed by atoms with Gasteiger partial charge in [0, 0.05) is 0 Å². The van der Waals surface area contributed by atoms with Gasteiger partial charge in [-0.25, -0.2) is 0 Å². The van der Waals surface area contributed by atoms with Crippen LogP contribution in [-0.2, 0) is 6.42 Å². The Hall–Kier alpha value is -1.56. The van der Waals surface area contributed by atoms with Crippen LogP contribution < -0.4 is 0 Å². The van der Waals surface area contributed by atoms with E-state index in [9.17, 15) is 0 Å². The standard InChI is InChI=1S/C16H18/c1-4-15-13(3)12(2)10-11-16(15)14-8-6-5-7-9-14/h5-11H,4H2,1-3H3. The van der Waals surface area contributed by atoms with Gasteiger partial charge < -0.3 is 0 Å². The Balaban J connectivity index is 2.62. The minimum absolute atomic E-state index is 1.09. The second kappa shape index (κ2) is 4.52. The van der Waals surface area contributed by atoms with Crippen LogP contribution in [0.3, 0.4) is 0 Å². The molecule has 0 fully saturated rings. The van der Waals surface area contributed by atoms with E-state index in [1.54, 1.807) is 0 Å². The van der Waals surface area contributed by atoms with Crippen molar-refractivity contribution in [2.24, 2.45) is 0 Å². The quantitative estimate of drug-likeness (QED) is 0.683. The normalized spacial score (nSPS) is 10.4. The van der Waals surface area contributed by atoms with E-state index in [0.29, 0.717) is 0 Å². The predicted molar refractivity (Wildman–Crippen MR) is 70.7 cm³/mol. The fourth-order valence-electron chi connectivity index (χ4n) is 2.22. The van der Waals surface area contributed by atoms with E-state index in [2.05, 4.69) is 63.2 Å². The number of benzene rings is 2. The molecule has 0 unspecified atom stereocenters. The Labute approximate surface area is 97.9 Å². The van der Waals surface area contributed by atoms with Gasteiger partial charge in [0.05, 0.1) is 0 Å². The molecule has 0 bridgehead atoms. The molecule has 0 N–H and O–H groups in total. The number of aryl methyl sites for hydroxylation is 1. The number of hydrogen-bond acceptors (Lipinski definition) is 0. The largest absolute Gasteiger partial charge is 0.0622 e. The third kappa shape index (κ3) is 1.88. The van der Waals surface area contributed by atoms with Crippen molar-refractivity contribution in [3.63, 3.8) is 0 Å². The maximum absolute atomic E-state index is 2.25. The van der Waals surface area contributed by atoms with Gasteiger partial charge in [0.1, 0.15) is 0 Å². The van der Waals surface area contributed by atoms with Crippen molar-refractivity contribution in [1.82, 2.24) is 0 Å². The highest BCUT2D eigenvalue weighted by atomic mass is 14.1. The lowest BCUT2D eigenvalue weighted by atomic mass is 9.92. The van der Waals surface area contributed by atoms with Crippen molar-refractivity contribution in [2.45, 2.75) is 27.2 Å². The first-order valence-electron chi connectivity index (χ1n) is 5.88. The average Bonchev–Trinajstić information content (AvgIpc) is 2.33. The Bertz CT molecular complexity index is 481. The molecule has 0 heterocycles. The summed E-state index contributed by atoms with van der Waals surface area (Å²) in [6.45, 7) is 6.64. The fourth-order valence-corrected chi connectivity index (χ4v) is 2.22. The Morgan fingerprint density at radius 3 is 2.19 bits per heavy atom. The third-order valence-electron chi connectivity index (χ3n) is 3.31. The Morgan fingerprint density at radius 2 is 1.56 bits per heavy atom. The highest BCUT2D eigenvalue weighted by Gasteiger charge is 2.07. The molecule has 0 aromatic heterocycles. The van der Waals surface area contributed by atoms with E-state index < -0.39 is 0 Å². The van der Waals surface area contributed by atoms with E-state index >= 15 is 0 Å². The molecule has 0 heteroatoms. The highest BCUT2D eigenvalue weighted by Crippen LogP contribution is 2.28. The van der Waals surface area contributed by atoms with Crippen LogP contribution in [-0.4, -0.2) is 0 Å². The SMILES string of the molecule is CCc1c(-c2ccccc2)ccc(C)c1C. The lowest BCUT2D eigenvalue weighted by Crippen LogP contribution is -1.94. The number of rotatable bonds is 2. The van der Waals surface area contributed by atoms with E-state index in [-0.39, 0.29) is 0 Å². The lowest BCUT2D eigenvalue weighted by molar-refractivity contribution is 1.10. The monoisotopic (exact) mass is 210 g/mol. The van der Waals surface area contributed by atoms with Crippen LogP contribution in [0.5, 0.6) is 0 Å². The fraction of sp³-hybridized carbons (Fsp3) is 0.250. The van der Waals surface area contributed by atoms with Crippen LogP contribution in [0.4, 0.5) is 0 Å². The summed E-state index contributed by atoms with van der Waals surface area (Å²) in [4.78, 5) is 0. The smallest absolute Gasteiger partial charge is 0.0149 e. The predicted octanol–water partition coefficient (Wildman–Crippen LogP) is 4.53. The molecule has 0 aliphatic heterocycles. The van der Waals surface area contributed by atoms with Crippen LogP contribution in [0.2, 0.25) is 0 Å². The Morgan fingerprint density at radius 1 is 0.875 bits per heavy atom.